The number of piperidine rings is 2. The lowest BCUT2D eigenvalue weighted by molar-refractivity contribution is -0.136. The number of fused-ring (bicyclic) bond motifs is 3. The fraction of sp³-hybridized carbons (Fsp3) is 0.592. The SMILES string of the molecule is C.C1CCNCC1.CCN=C=NCCCN(C)C.Cl.Cl.O=C(O)C1=C(N2C(=O)C(=O)Cc3ccccc32)CCN(C2CCCCCCC2)C1.O=C1Cc2ccccc2N(C2=C(C(=O)N3CCCCC3)CN(C3CCCCCCC3)CC2)C1=O.On1nnc2ccccc21. The van der Waals surface area contributed by atoms with Gasteiger partial charge in [-0.15, -0.1) is 29.9 Å². The van der Waals surface area contributed by atoms with E-state index >= 15 is 0 Å². The zero-order valence-corrected chi connectivity index (χ0v) is 56.3. The van der Waals surface area contributed by atoms with Crippen molar-refractivity contribution in [1.29, 1.82) is 0 Å². The Morgan fingerprint density at radius 3 is 1.55 bits per heavy atom. The molecule has 3 N–H and O–H groups in total. The van der Waals surface area contributed by atoms with Crippen molar-refractivity contribution in [2.24, 2.45) is 9.98 Å². The predicted molar refractivity (Wildman–Crippen MR) is 373 cm³/mol. The molecule has 2 saturated carbocycles. The lowest BCUT2D eigenvalue weighted by Gasteiger charge is -2.41. The normalized spacial score (nSPS) is 19.3. The number of ketones is 2. The van der Waals surface area contributed by atoms with Crippen LogP contribution in [0, 0.1) is 0 Å². The molecule has 0 radical (unpaired) electrons. The van der Waals surface area contributed by atoms with Gasteiger partial charge in [-0.3, -0.25) is 43.6 Å². The minimum absolute atomic E-state index is 0. The van der Waals surface area contributed by atoms with Crippen molar-refractivity contribution >= 4 is 88.5 Å². The Morgan fingerprint density at radius 1 is 0.613 bits per heavy atom. The van der Waals surface area contributed by atoms with Gasteiger partial charge in [-0.2, -0.15) is 0 Å². The van der Waals surface area contributed by atoms with Crippen LogP contribution in [-0.2, 0) is 41.6 Å². The number of carboxylic acids is 1. The molecule has 1 aromatic heterocycles. The Morgan fingerprint density at radius 2 is 1.08 bits per heavy atom. The molecule has 2 aliphatic carbocycles. The van der Waals surface area contributed by atoms with E-state index in [2.05, 4.69) is 60.4 Å². The average Bonchev–Trinajstić information content (AvgIpc) is 1.28. The van der Waals surface area contributed by atoms with E-state index in [4.69, 9.17) is 5.21 Å². The molecule has 8 aliphatic rings. The first kappa shape index (κ1) is 77.1. The van der Waals surface area contributed by atoms with Crippen molar-refractivity contribution in [2.75, 3.05) is 95.9 Å². The quantitative estimate of drug-likeness (QED) is 0.0549. The van der Waals surface area contributed by atoms with Crippen LogP contribution in [0.15, 0.2) is 105 Å². The predicted octanol–water partition coefficient (Wildman–Crippen LogP) is 11.6. The number of carbonyl (C=O) groups excluding carboxylic acids is 5. The van der Waals surface area contributed by atoms with Gasteiger partial charge >= 0.3 is 5.97 Å². The van der Waals surface area contributed by atoms with Crippen molar-refractivity contribution in [3.05, 3.63) is 106 Å². The number of nitrogens with zero attached hydrogens (tertiary/aromatic N) is 11. The number of amides is 3. The summed E-state index contributed by atoms with van der Waals surface area (Å²) in [5, 5.41) is 29.3. The minimum atomic E-state index is -1.00. The molecule has 0 unspecified atom stereocenters. The molecule has 93 heavy (non-hydrogen) atoms. The van der Waals surface area contributed by atoms with Gasteiger partial charge in [0.2, 0.25) is 11.6 Å². The average molecular weight is 1320 g/mol. The highest BCUT2D eigenvalue weighted by Gasteiger charge is 2.41. The van der Waals surface area contributed by atoms with E-state index in [-0.39, 0.29) is 56.6 Å². The molecule has 4 fully saturated rings. The zero-order chi connectivity index (χ0) is 63.6. The molecule has 0 bridgehead atoms. The van der Waals surface area contributed by atoms with Crippen LogP contribution in [0.25, 0.3) is 11.0 Å². The number of aliphatic imine (C=N–C) groups is 2. The van der Waals surface area contributed by atoms with Gasteiger partial charge in [0.25, 0.3) is 17.7 Å². The molecule has 6 aliphatic heterocycles. The Kier molecular flexibility index (Phi) is 33.6. The Hall–Kier alpha value is -6.64. The maximum atomic E-state index is 13.9. The zero-order valence-electron chi connectivity index (χ0n) is 54.6. The van der Waals surface area contributed by atoms with Crippen LogP contribution in [0.2, 0.25) is 0 Å². The summed E-state index contributed by atoms with van der Waals surface area (Å²) in [5.74, 6) is -2.91. The molecule has 7 heterocycles. The van der Waals surface area contributed by atoms with Crippen LogP contribution >= 0.6 is 24.8 Å². The fourth-order valence-electron chi connectivity index (χ4n) is 13.5. The van der Waals surface area contributed by atoms with E-state index in [1.165, 1.54) is 114 Å². The maximum absolute atomic E-state index is 13.9. The topological polar surface area (TPSA) is 230 Å². The number of anilines is 2. The molecular weight excluding hydrogens is 1220 g/mol. The number of carboxylic acid groups (broad SMARTS) is 1. The Bertz CT molecular complexity index is 3160. The molecule has 12 rings (SSSR count). The number of halogens is 2. The van der Waals surface area contributed by atoms with Crippen molar-refractivity contribution < 1.29 is 39.1 Å². The largest absolute Gasteiger partial charge is 0.478 e. The molecule has 3 amide bonds. The summed E-state index contributed by atoms with van der Waals surface area (Å²) >= 11 is 0. The second-order valence-electron chi connectivity index (χ2n) is 25.1. The Labute approximate surface area is 564 Å². The number of Topliss-reactive ketones (excluding diaryl/α,β-unsaturated/α-hetero) is 2. The van der Waals surface area contributed by atoms with Gasteiger partial charge in [-0.1, -0.05) is 131 Å². The number of aliphatic carboxylic acids is 1. The maximum Gasteiger partial charge on any atom is 0.334 e. The van der Waals surface area contributed by atoms with E-state index in [1.807, 2.05) is 66.4 Å². The van der Waals surface area contributed by atoms with Crippen molar-refractivity contribution in [2.45, 2.75) is 187 Å². The summed E-state index contributed by atoms with van der Waals surface area (Å²) in [7, 11) is 4.12. The monoisotopic (exact) mass is 1320 g/mol. The smallest absolute Gasteiger partial charge is 0.334 e. The van der Waals surface area contributed by atoms with Gasteiger partial charge in [0.05, 0.1) is 35.1 Å². The third kappa shape index (κ3) is 22.2. The number of rotatable bonds is 11. The van der Waals surface area contributed by atoms with E-state index in [0.717, 1.165) is 117 Å². The van der Waals surface area contributed by atoms with Crippen molar-refractivity contribution in [1.82, 2.24) is 40.1 Å². The third-order valence-electron chi connectivity index (χ3n) is 18.3. The van der Waals surface area contributed by atoms with E-state index in [1.54, 1.807) is 23.1 Å². The first-order valence-corrected chi connectivity index (χ1v) is 33.6. The highest BCUT2D eigenvalue weighted by molar-refractivity contribution is 6.44. The number of carbonyl (C=O) groups is 6. The molecule has 510 valence electrons. The Balaban J connectivity index is 0.000000237. The van der Waals surface area contributed by atoms with Crippen LogP contribution in [0.4, 0.5) is 11.4 Å². The van der Waals surface area contributed by atoms with Crippen LogP contribution in [0.3, 0.4) is 0 Å². The van der Waals surface area contributed by atoms with Crippen molar-refractivity contribution in [3.63, 3.8) is 0 Å². The van der Waals surface area contributed by atoms with Gasteiger partial charge in [0, 0.05) is 95.0 Å². The molecule has 0 atom stereocenters. The number of nitrogens with one attached hydrogen (secondary N) is 1. The molecule has 3 aromatic carbocycles. The second-order valence-corrected chi connectivity index (χ2v) is 25.1. The second kappa shape index (κ2) is 40.6. The van der Waals surface area contributed by atoms with Crippen LogP contribution in [0.5, 0.6) is 0 Å². The van der Waals surface area contributed by atoms with E-state index in [0.29, 0.717) is 60.4 Å². The summed E-state index contributed by atoms with van der Waals surface area (Å²) in [6.07, 6.45) is 27.0. The minimum Gasteiger partial charge on any atom is -0.478 e. The molecule has 20 nitrogen and oxygen atoms in total. The summed E-state index contributed by atoms with van der Waals surface area (Å²) < 4.78 is 0. The lowest BCUT2D eigenvalue weighted by atomic mass is 9.92. The summed E-state index contributed by atoms with van der Waals surface area (Å²) in [5.41, 5.74) is 6.59. The standard InChI is InChI=1S/C28H37N3O3.C23H28N2O4.C8H17N3.C6H5N3O.C5H11N.CH4.2ClH/c32-26-19-21-11-7-8-14-24(21)31(28(26)34)25-15-18-30(22-12-5-2-1-3-6-13-22)20-23(25)27(33)29-16-9-4-10-17-29;26-21-14-16-8-6-7-11-19(16)25(22(21)27)20-12-13-24(15-18(20)23(28)29)17-9-4-2-1-3-5-10-17;1-4-9-8-10-6-5-7-11(2)3;10-9-6-4-2-1-3-5(6)7-8-9;1-2-4-6-5-3-1;;;/h7-8,11,14,22H,1-6,9-10,12-13,15-20H2;6-8,11,17H,1-5,9-10,12-15H2,(H,28,29);4-7H2,1-3H3;1-4,10H;6H,1-5H2;1H4;2*1H. The molecule has 22 heteroatoms. The van der Waals surface area contributed by atoms with E-state index in [9.17, 15) is 33.9 Å². The van der Waals surface area contributed by atoms with Gasteiger partial charge in [0.15, 0.2) is 0 Å². The van der Waals surface area contributed by atoms with Crippen LogP contribution in [0.1, 0.15) is 173 Å². The summed E-state index contributed by atoms with van der Waals surface area (Å²) in [6.45, 7) is 11.2. The number of para-hydroxylation sites is 3. The highest BCUT2D eigenvalue weighted by Crippen LogP contribution is 2.38. The van der Waals surface area contributed by atoms with Gasteiger partial charge in [-0.25, -0.2) is 14.8 Å². The van der Waals surface area contributed by atoms with Crippen molar-refractivity contribution in [3.8, 4) is 0 Å². The molecule has 0 spiro atoms. The number of likely N-dealkylation sites (tertiary alicyclic amines) is 1. The van der Waals surface area contributed by atoms with Crippen LogP contribution in [-0.4, -0.2) is 185 Å². The summed E-state index contributed by atoms with van der Waals surface area (Å²) in [4.78, 5) is 97.4. The first-order valence-electron chi connectivity index (χ1n) is 33.6. The first-order chi connectivity index (χ1) is 43.8. The lowest BCUT2D eigenvalue weighted by Crippen LogP contribution is -2.50. The number of benzene rings is 3. The van der Waals surface area contributed by atoms with Gasteiger partial charge in [-0.05, 0) is 145 Å². The van der Waals surface area contributed by atoms with Crippen LogP contribution < -0.4 is 15.1 Å². The number of hydrogen-bond donors (Lipinski definition) is 3. The number of aromatic nitrogens is 3. The molecule has 4 aromatic rings. The molecular formula is C71H104Cl2N12O8. The van der Waals surface area contributed by atoms with E-state index < -0.39 is 29.4 Å². The van der Waals surface area contributed by atoms with Gasteiger partial charge < -0.3 is 25.4 Å². The number of hydrogen-bond acceptors (Lipinski definition) is 15. The third-order valence-corrected chi connectivity index (χ3v) is 18.3. The molecule has 2 saturated heterocycles. The highest BCUT2D eigenvalue weighted by atomic mass is 35.5. The van der Waals surface area contributed by atoms with Gasteiger partial charge in [0.1, 0.15) is 11.0 Å². The summed E-state index contributed by atoms with van der Waals surface area (Å²) in [6, 6.07) is 25.7. The fourth-order valence-corrected chi connectivity index (χ4v) is 13.5.